The molecular formula is C8H10INOSi. The lowest BCUT2D eigenvalue weighted by Crippen LogP contribution is -2.16. The van der Waals surface area contributed by atoms with Gasteiger partial charge in [0.15, 0.2) is 5.76 Å². The zero-order chi connectivity index (χ0) is 9.19. The van der Waals surface area contributed by atoms with Gasteiger partial charge < -0.3 is 4.42 Å². The second-order valence-electron chi connectivity index (χ2n) is 3.48. The SMILES string of the molecule is C[Si](C)(C)C#Cc1cnc(I)o1. The highest BCUT2D eigenvalue weighted by atomic mass is 127. The molecule has 0 fully saturated rings. The zero-order valence-corrected chi connectivity index (χ0v) is 10.5. The first-order chi connectivity index (χ1) is 5.47. The number of nitrogens with zero attached hydrogens (tertiary/aromatic N) is 1. The zero-order valence-electron chi connectivity index (χ0n) is 7.31. The lowest BCUT2D eigenvalue weighted by molar-refractivity contribution is 0.514. The molecule has 0 amide bonds. The second-order valence-corrected chi connectivity index (χ2v) is 9.15. The van der Waals surface area contributed by atoms with Crippen LogP contribution in [0.15, 0.2) is 10.6 Å². The standard InChI is InChI=1S/C8H10INOSi/c1-12(2,3)5-4-7-6-10-8(9)11-7/h6H,1-3H3. The molecule has 0 aliphatic carbocycles. The van der Waals surface area contributed by atoms with E-state index in [4.69, 9.17) is 4.42 Å². The summed E-state index contributed by atoms with van der Waals surface area (Å²) in [7, 11) is -1.28. The van der Waals surface area contributed by atoms with E-state index in [0.29, 0.717) is 9.66 Å². The Morgan fingerprint density at radius 3 is 2.58 bits per heavy atom. The number of hydrogen-bond acceptors (Lipinski definition) is 2. The summed E-state index contributed by atoms with van der Waals surface area (Å²) in [6.45, 7) is 6.59. The highest BCUT2D eigenvalue weighted by Gasteiger charge is 2.07. The predicted molar refractivity (Wildman–Crippen MR) is 59.4 cm³/mol. The van der Waals surface area contributed by atoms with Crippen LogP contribution in [0.1, 0.15) is 5.76 Å². The third-order valence-corrected chi connectivity index (χ3v) is 2.41. The van der Waals surface area contributed by atoms with Crippen LogP contribution in [0.2, 0.25) is 19.6 Å². The minimum absolute atomic E-state index is 0.646. The quantitative estimate of drug-likeness (QED) is 0.417. The van der Waals surface area contributed by atoms with Gasteiger partial charge in [0, 0.05) is 22.6 Å². The van der Waals surface area contributed by atoms with Gasteiger partial charge in [-0.1, -0.05) is 19.6 Å². The number of rotatable bonds is 0. The van der Waals surface area contributed by atoms with Gasteiger partial charge in [-0.25, -0.2) is 4.98 Å². The summed E-state index contributed by atoms with van der Waals surface area (Å²) in [5.74, 6) is 3.65. The second kappa shape index (κ2) is 3.62. The van der Waals surface area contributed by atoms with Crippen molar-refractivity contribution in [2.24, 2.45) is 0 Å². The Morgan fingerprint density at radius 1 is 1.50 bits per heavy atom. The molecule has 0 aliphatic heterocycles. The van der Waals surface area contributed by atoms with Crippen LogP contribution in [-0.4, -0.2) is 13.1 Å². The Balaban J connectivity index is 2.80. The fourth-order valence-electron chi connectivity index (χ4n) is 0.560. The van der Waals surface area contributed by atoms with Crippen molar-refractivity contribution < 1.29 is 4.42 Å². The van der Waals surface area contributed by atoms with Crippen molar-refractivity contribution in [1.29, 1.82) is 0 Å². The summed E-state index contributed by atoms with van der Waals surface area (Å²) in [5, 5.41) is 0. The maximum atomic E-state index is 5.20. The molecule has 0 unspecified atom stereocenters. The molecule has 1 aromatic heterocycles. The Labute approximate surface area is 86.9 Å². The first-order valence-corrected chi connectivity index (χ1v) is 8.20. The number of halogens is 1. The molecule has 0 aromatic carbocycles. The Morgan fingerprint density at radius 2 is 2.17 bits per heavy atom. The van der Waals surface area contributed by atoms with Crippen LogP contribution < -0.4 is 0 Å². The van der Waals surface area contributed by atoms with Gasteiger partial charge in [-0.3, -0.25) is 0 Å². The molecule has 0 saturated carbocycles. The molecule has 1 rings (SSSR count). The molecule has 12 heavy (non-hydrogen) atoms. The van der Waals surface area contributed by atoms with Crippen LogP contribution >= 0.6 is 22.6 Å². The van der Waals surface area contributed by atoms with E-state index >= 15 is 0 Å². The van der Waals surface area contributed by atoms with E-state index in [9.17, 15) is 0 Å². The Bertz CT molecular complexity index is 329. The van der Waals surface area contributed by atoms with Crippen molar-refractivity contribution in [3.8, 4) is 11.5 Å². The van der Waals surface area contributed by atoms with Gasteiger partial charge in [-0.15, -0.1) is 5.54 Å². The van der Waals surface area contributed by atoms with Gasteiger partial charge >= 0.3 is 0 Å². The van der Waals surface area contributed by atoms with E-state index < -0.39 is 8.07 Å². The molecule has 0 aliphatic rings. The molecule has 0 atom stereocenters. The average Bonchev–Trinajstić information content (AvgIpc) is 2.30. The molecule has 64 valence electrons. The summed E-state index contributed by atoms with van der Waals surface area (Å²) in [6, 6.07) is 0. The fraction of sp³-hybridized carbons (Fsp3) is 0.375. The Kier molecular flexibility index (Phi) is 2.96. The molecule has 1 heterocycles. The van der Waals surface area contributed by atoms with Crippen molar-refractivity contribution in [1.82, 2.24) is 4.98 Å². The summed E-state index contributed by atoms with van der Waals surface area (Å²) >= 11 is 2.03. The Hall–Kier alpha value is -0.283. The third-order valence-electron chi connectivity index (χ3n) is 1.04. The third kappa shape index (κ3) is 3.41. The first-order valence-electron chi connectivity index (χ1n) is 3.62. The van der Waals surface area contributed by atoms with Crippen molar-refractivity contribution in [3.63, 3.8) is 0 Å². The lowest BCUT2D eigenvalue weighted by Gasteiger charge is -2.02. The molecule has 0 bridgehead atoms. The topological polar surface area (TPSA) is 26.0 Å². The molecular weight excluding hydrogens is 281 g/mol. The molecule has 1 aromatic rings. The van der Waals surface area contributed by atoms with Crippen LogP contribution in [0.4, 0.5) is 0 Å². The maximum absolute atomic E-state index is 5.20. The molecule has 0 spiro atoms. The van der Waals surface area contributed by atoms with Crippen LogP contribution in [0, 0.1) is 15.4 Å². The highest BCUT2D eigenvalue weighted by Crippen LogP contribution is 2.05. The van der Waals surface area contributed by atoms with Gasteiger partial charge in [0.05, 0.1) is 6.20 Å². The van der Waals surface area contributed by atoms with E-state index in [1.807, 2.05) is 22.6 Å². The van der Waals surface area contributed by atoms with Crippen molar-refractivity contribution >= 4 is 30.7 Å². The molecule has 4 heteroatoms. The monoisotopic (exact) mass is 291 g/mol. The van der Waals surface area contributed by atoms with Crippen molar-refractivity contribution in [2.45, 2.75) is 19.6 Å². The van der Waals surface area contributed by atoms with Gasteiger partial charge in [-0.2, -0.15) is 0 Å². The summed E-state index contributed by atoms with van der Waals surface area (Å²) in [5.41, 5.74) is 3.20. The van der Waals surface area contributed by atoms with Crippen molar-refractivity contribution in [2.75, 3.05) is 0 Å². The van der Waals surface area contributed by atoms with E-state index in [2.05, 4.69) is 36.1 Å². The molecule has 0 N–H and O–H groups in total. The first kappa shape index (κ1) is 9.80. The van der Waals surface area contributed by atoms with E-state index in [1.54, 1.807) is 6.20 Å². The number of oxazole rings is 1. The lowest BCUT2D eigenvalue weighted by atomic mass is 10.5. The molecule has 0 saturated heterocycles. The normalized spacial score (nSPS) is 10.7. The van der Waals surface area contributed by atoms with E-state index in [-0.39, 0.29) is 0 Å². The van der Waals surface area contributed by atoms with Crippen LogP contribution in [0.3, 0.4) is 0 Å². The fourth-order valence-corrected chi connectivity index (χ4v) is 1.43. The summed E-state index contributed by atoms with van der Waals surface area (Å²) in [4.78, 5) is 3.95. The predicted octanol–water partition coefficient (Wildman–Crippen LogP) is 2.51. The van der Waals surface area contributed by atoms with Gasteiger partial charge in [-0.05, 0) is 5.92 Å². The van der Waals surface area contributed by atoms with Crippen LogP contribution in [0.5, 0.6) is 0 Å². The van der Waals surface area contributed by atoms with E-state index in [0.717, 1.165) is 0 Å². The van der Waals surface area contributed by atoms with Crippen LogP contribution in [0.25, 0.3) is 0 Å². The minimum Gasteiger partial charge on any atom is -0.423 e. The van der Waals surface area contributed by atoms with Gasteiger partial charge in [0.2, 0.25) is 0 Å². The minimum atomic E-state index is -1.28. The molecule has 2 nitrogen and oxygen atoms in total. The number of aromatic nitrogens is 1. The van der Waals surface area contributed by atoms with Crippen molar-refractivity contribution in [3.05, 3.63) is 15.9 Å². The van der Waals surface area contributed by atoms with Crippen LogP contribution in [-0.2, 0) is 0 Å². The number of hydrogen-bond donors (Lipinski definition) is 0. The molecule has 0 radical (unpaired) electrons. The summed E-state index contributed by atoms with van der Waals surface area (Å²) < 4.78 is 5.85. The van der Waals surface area contributed by atoms with Gasteiger partial charge in [0.1, 0.15) is 8.07 Å². The smallest absolute Gasteiger partial charge is 0.258 e. The van der Waals surface area contributed by atoms with E-state index in [1.165, 1.54) is 0 Å². The van der Waals surface area contributed by atoms with Gasteiger partial charge in [0.25, 0.3) is 3.90 Å². The maximum Gasteiger partial charge on any atom is 0.258 e. The largest absolute Gasteiger partial charge is 0.423 e. The highest BCUT2D eigenvalue weighted by molar-refractivity contribution is 14.1. The summed E-state index contributed by atoms with van der Waals surface area (Å²) in [6.07, 6.45) is 1.66. The average molecular weight is 291 g/mol.